The van der Waals surface area contributed by atoms with E-state index in [4.69, 9.17) is 26.6 Å². The van der Waals surface area contributed by atoms with Gasteiger partial charge in [0.15, 0.2) is 6.19 Å². The molecule has 1 aliphatic heterocycles. The van der Waals surface area contributed by atoms with E-state index in [9.17, 15) is 0 Å². The van der Waals surface area contributed by atoms with Crippen molar-refractivity contribution in [1.29, 1.82) is 5.26 Å². The maximum absolute atomic E-state index is 9.06. The summed E-state index contributed by atoms with van der Waals surface area (Å²) in [5.41, 5.74) is 2.05. The molecule has 1 aliphatic rings. The maximum atomic E-state index is 9.06. The number of guanidine groups is 1. The second-order valence-corrected chi connectivity index (χ2v) is 7.55. The molecule has 2 N–H and O–H groups in total. The van der Waals surface area contributed by atoms with Crippen LogP contribution in [-0.4, -0.2) is 32.2 Å². The number of nitrogens with zero attached hydrogens (tertiary/aromatic N) is 3. The zero-order valence-corrected chi connectivity index (χ0v) is 17.5. The highest BCUT2D eigenvalue weighted by atomic mass is 35.5. The number of anilines is 2. The lowest BCUT2D eigenvalue weighted by Crippen LogP contribution is -2.38. The summed E-state index contributed by atoms with van der Waals surface area (Å²) in [4.78, 5) is 7.13. The lowest BCUT2D eigenvalue weighted by Gasteiger charge is -2.35. The minimum atomic E-state index is 0.101. The molecule has 3 rings (SSSR count). The van der Waals surface area contributed by atoms with Gasteiger partial charge in [-0.05, 0) is 74.2 Å². The first-order valence-electron chi connectivity index (χ1n) is 9.73. The fourth-order valence-corrected chi connectivity index (χ4v) is 3.69. The third kappa shape index (κ3) is 5.78. The Hall–Kier alpha value is -2.91. The highest BCUT2D eigenvalue weighted by Crippen LogP contribution is 2.27. The molecule has 2 aromatic rings. The lowest BCUT2D eigenvalue weighted by atomic mass is 9.90. The predicted octanol–water partition coefficient (Wildman–Crippen LogP) is 4.49. The van der Waals surface area contributed by atoms with Gasteiger partial charge in [0.25, 0.3) is 0 Å². The van der Waals surface area contributed by atoms with Gasteiger partial charge in [0, 0.05) is 29.5 Å². The zero-order valence-electron chi connectivity index (χ0n) is 16.7. The Morgan fingerprint density at radius 1 is 1.17 bits per heavy atom. The summed E-state index contributed by atoms with van der Waals surface area (Å²) in [6.07, 6.45) is 4.06. The molecular weight excluding hydrogens is 386 g/mol. The van der Waals surface area contributed by atoms with E-state index >= 15 is 0 Å². The van der Waals surface area contributed by atoms with Crippen LogP contribution in [0.2, 0.25) is 5.02 Å². The summed E-state index contributed by atoms with van der Waals surface area (Å²) in [5.74, 6) is 1.80. The molecule has 1 fully saturated rings. The van der Waals surface area contributed by atoms with E-state index in [-0.39, 0.29) is 6.04 Å². The van der Waals surface area contributed by atoms with Gasteiger partial charge in [-0.15, -0.1) is 0 Å². The Kier molecular flexibility index (Phi) is 7.20. The van der Waals surface area contributed by atoms with Crippen LogP contribution in [0.25, 0.3) is 0 Å². The molecule has 1 unspecified atom stereocenters. The molecule has 152 valence electrons. The van der Waals surface area contributed by atoms with Gasteiger partial charge in [-0.25, -0.2) is 4.99 Å². The summed E-state index contributed by atoms with van der Waals surface area (Å²) in [7, 11) is 1.68. The third-order valence-corrected chi connectivity index (χ3v) is 5.53. The van der Waals surface area contributed by atoms with E-state index in [1.165, 1.54) is 5.69 Å². The molecule has 0 amide bonds. The van der Waals surface area contributed by atoms with Gasteiger partial charge in [0.2, 0.25) is 5.96 Å². The van der Waals surface area contributed by atoms with Gasteiger partial charge in [0.05, 0.1) is 13.2 Å². The molecule has 0 aliphatic carbocycles. The van der Waals surface area contributed by atoms with E-state index in [0.717, 1.165) is 37.4 Å². The number of nitrogens with one attached hydrogen (secondary N) is 2. The standard InChI is InChI=1S/C22H26ClN5O/c1-16(26-22(25-15-24)27-19-5-3-18(23)4-6-19)17-11-13-28(14-12-17)20-7-9-21(29-2)10-8-20/h3-10,16-17H,11-14H2,1-2H3,(H2,25,26,27). The molecule has 0 aromatic heterocycles. The molecule has 0 saturated carbocycles. The van der Waals surface area contributed by atoms with E-state index in [1.54, 1.807) is 19.2 Å². The number of piperidine rings is 1. The normalized spacial score (nSPS) is 16.1. The number of hydrogen-bond donors (Lipinski definition) is 2. The van der Waals surface area contributed by atoms with Gasteiger partial charge < -0.3 is 15.0 Å². The molecule has 1 atom stereocenters. The van der Waals surface area contributed by atoms with Gasteiger partial charge in [-0.3, -0.25) is 5.32 Å². The predicted molar refractivity (Wildman–Crippen MR) is 119 cm³/mol. The maximum Gasteiger partial charge on any atom is 0.209 e. The number of ether oxygens (including phenoxy) is 1. The molecule has 1 heterocycles. The number of benzene rings is 2. The van der Waals surface area contributed by atoms with Gasteiger partial charge in [0.1, 0.15) is 5.75 Å². The first-order chi connectivity index (χ1) is 14.1. The second kappa shape index (κ2) is 10.0. The van der Waals surface area contributed by atoms with Crippen molar-refractivity contribution in [1.82, 2.24) is 5.32 Å². The van der Waals surface area contributed by atoms with E-state index in [0.29, 0.717) is 16.9 Å². The molecule has 0 spiro atoms. The van der Waals surface area contributed by atoms with Crippen molar-refractivity contribution in [3.8, 4) is 11.9 Å². The van der Waals surface area contributed by atoms with Crippen molar-refractivity contribution in [2.24, 2.45) is 10.9 Å². The third-order valence-electron chi connectivity index (χ3n) is 5.27. The Morgan fingerprint density at radius 2 is 1.83 bits per heavy atom. The average molecular weight is 412 g/mol. The molecule has 1 saturated heterocycles. The highest BCUT2D eigenvalue weighted by molar-refractivity contribution is 6.30. The van der Waals surface area contributed by atoms with Crippen molar-refractivity contribution < 1.29 is 4.74 Å². The van der Waals surface area contributed by atoms with Crippen molar-refractivity contribution in [3.63, 3.8) is 0 Å². The number of rotatable bonds is 5. The van der Waals surface area contributed by atoms with E-state index in [2.05, 4.69) is 34.6 Å². The summed E-state index contributed by atoms with van der Waals surface area (Å²) in [6.45, 7) is 4.08. The van der Waals surface area contributed by atoms with Crippen molar-refractivity contribution in [2.75, 3.05) is 30.4 Å². The van der Waals surface area contributed by atoms with Crippen molar-refractivity contribution in [3.05, 3.63) is 53.6 Å². The van der Waals surface area contributed by atoms with Crippen LogP contribution in [0.15, 0.2) is 53.5 Å². The molecule has 6 nitrogen and oxygen atoms in total. The fraction of sp³-hybridized carbons (Fsp3) is 0.364. The zero-order chi connectivity index (χ0) is 20.6. The van der Waals surface area contributed by atoms with Crippen LogP contribution in [0.4, 0.5) is 11.4 Å². The van der Waals surface area contributed by atoms with Crippen molar-refractivity contribution in [2.45, 2.75) is 25.8 Å². The van der Waals surface area contributed by atoms with Crippen LogP contribution in [0, 0.1) is 17.4 Å². The largest absolute Gasteiger partial charge is 0.497 e. The summed E-state index contributed by atoms with van der Waals surface area (Å²) in [6, 6.07) is 15.6. The van der Waals surface area contributed by atoms with E-state index in [1.807, 2.05) is 30.5 Å². The quantitative estimate of drug-likeness (QED) is 0.328. The average Bonchev–Trinajstić information content (AvgIpc) is 2.75. The molecule has 29 heavy (non-hydrogen) atoms. The molecule has 2 aromatic carbocycles. The van der Waals surface area contributed by atoms with Gasteiger partial charge in [-0.2, -0.15) is 5.26 Å². The number of nitriles is 1. The minimum Gasteiger partial charge on any atom is -0.497 e. The fourth-order valence-electron chi connectivity index (χ4n) is 3.56. The summed E-state index contributed by atoms with van der Waals surface area (Å²) < 4.78 is 5.24. The van der Waals surface area contributed by atoms with Crippen LogP contribution in [-0.2, 0) is 0 Å². The summed E-state index contributed by atoms with van der Waals surface area (Å²) in [5, 5.41) is 15.5. The Morgan fingerprint density at radius 3 is 2.41 bits per heavy atom. The number of halogens is 1. The smallest absolute Gasteiger partial charge is 0.209 e. The Balaban J connectivity index is 1.59. The molecule has 0 radical (unpaired) electrons. The van der Waals surface area contributed by atoms with Crippen LogP contribution in [0.5, 0.6) is 5.75 Å². The number of methoxy groups -OCH3 is 1. The van der Waals surface area contributed by atoms with Gasteiger partial charge in [-0.1, -0.05) is 11.6 Å². The van der Waals surface area contributed by atoms with Crippen LogP contribution in [0.1, 0.15) is 19.8 Å². The monoisotopic (exact) mass is 411 g/mol. The molecule has 7 heteroatoms. The lowest BCUT2D eigenvalue weighted by molar-refractivity contribution is 0.355. The van der Waals surface area contributed by atoms with Gasteiger partial charge >= 0.3 is 0 Å². The Labute approximate surface area is 177 Å². The minimum absolute atomic E-state index is 0.101. The topological polar surface area (TPSA) is 72.7 Å². The first kappa shape index (κ1) is 20.8. The SMILES string of the molecule is COc1ccc(N2CCC(C(C)N=C(NC#N)Nc3ccc(Cl)cc3)CC2)cc1. The molecular formula is C22H26ClN5O. The first-order valence-corrected chi connectivity index (χ1v) is 10.1. The van der Waals surface area contributed by atoms with Crippen molar-refractivity contribution >= 4 is 28.9 Å². The number of aliphatic imine (C=N–C) groups is 1. The van der Waals surface area contributed by atoms with Crippen LogP contribution < -0.4 is 20.3 Å². The van der Waals surface area contributed by atoms with Crippen LogP contribution >= 0.6 is 11.6 Å². The molecule has 0 bridgehead atoms. The highest BCUT2D eigenvalue weighted by Gasteiger charge is 2.24. The number of hydrogen-bond acceptors (Lipinski definition) is 4. The second-order valence-electron chi connectivity index (χ2n) is 7.11. The van der Waals surface area contributed by atoms with Crippen LogP contribution in [0.3, 0.4) is 0 Å². The Bertz CT molecular complexity index is 852. The van der Waals surface area contributed by atoms with E-state index < -0.39 is 0 Å². The summed E-state index contributed by atoms with van der Waals surface area (Å²) >= 11 is 5.93.